The summed E-state index contributed by atoms with van der Waals surface area (Å²) >= 11 is 0. The van der Waals surface area contributed by atoms with Crippen LogP contribution in [0.15, 0.2) is 0 Å². The highest BCUT2D eigenvalue weighted by Crippen LogP contribution is 1.99. The fraction of sp³-hybridized carbons (Fsp3) is 0.900. The van der Waals surface area contributed by atoms with E-state index in [4.69, 9.17) is 0 Å². The first-order chi connectivity index (χ1) is 12.2. The number of hydrogen-bond donors (Lipinski definition) is 0. The summed E-state index contributed by atoms with van der Waals surface area (Å²) in [6.07, 6.45) is 0.610. The third kappa shape index (κ3) is 14.2. The molecule has 0 fully saturated rings. The van der Waals surface area contributed by atoms with Crippen molar-refractivity contribution in [2.24, 2.45) is 5.92 Å². The van der Waals surface area contributed by atoms with Gasteiger partial charge in [-0.05, 0) is 21.1 Å². The minimum absolute atomic E-state index is 0.0584. The molecule has 0 aromatic rings. The number of hydrogen-bond acceptors (Lipinski definition) is 5. The molecule has 0 N–H and O–H groups in total. The number of likely N-dealkylation sites (N-methyl/N-ethyl adjacent to an activating group) is 4. The third-order valence-corrected chi connectivity index (χ3v) is 4.25. The van der Waals surface area contributed by atoms with Gasteiger partial charge in [-0.2, -0.15) is 0 Å². The third-order valence-electron chi connectivity index (χ3n) is 4.25. The van der Waals surface area contributed by atoms with Crippen LogP contribution in [-0.2, 0) is 9.59 Å². The van der Waals surface area contributed by atoms with Gasteiger partial charge in [0.2, 0.25) is 5.91 Å². The van der Waals surface area contributed by atoms with Crippen LogP contribution >= 0.6 is 0 Å². The molecular weight excluding hydrogens is 328 g/mol. The van der Waals surface area contributed by atoms with Gasteiger partial charge in [0.25, 0.3) is 0 Å². The first-order valence-corrected chi connectivity index (χ1v) is 9.99. The zero-order chi connectivity index (χ0) is 20.7. The van der Waals surface area contributed by atoms with Crippen molar-refractivity contribution >= 4 is 11.7 Å². The summed E-state index contributed by atoms with van der Waals surface area (Å²) in [7, 11) is 8.07. The lowest BCUT2D eigenvalue weighted by molar-refractivity contribution is -0.133. The summed E-state index contributed by atoms with van der Waals surface area (Å²) in [5.41, 5.74) is 0. The summed E-state index contributed by atoms with van der Waals surface area (Å²) in [4.78, 5) is 31.7. The van der Waals surface area contributed by atoms with E-state index in [0.29, 0.717) is 18.7 Å². The van der Waals surface area contributed by atoms with Crippen LogP contribution in [-0.4, -0.2) is 105 Å². The molecular formula is C20H44N4O2. The Morgan fingerprint density at radius 1 is 0.731 bits per heavy atom. The van der Waals surface area contributed by atoms with Crippen LogP contribution in [0.1, 0.15) is 41.0 Å². The molecule has 1 amide bonds. The Morgan fingerprint density at radius 3 is 1.50 bits per heavy atom. The predicted molar refractivity (Wildman–Crippen MR) is 112 cm³/mol. The summed E-state index contributed by atoms with van der Waals surface area (Å²) < 4.78 is 0. The van der Waals surface area contributed by atoms with Gasteiger partial charge in [-0.3, -0.25) is 14.5 Å². The van der Waals surface area contributed by atoms with Gasteiger partial charge in [0, 0.05) is 58.7 Å². The van der Waals surface area contributed by atoms with E-state index < -0.39 is 0 Å². The average Bonchev–Trinajstić information content (AvgIpc) is 2.63. The normalized spacial score (nSPS) is 11.1. The van der Waals surface area contributed by atoms with E-state index in [1.807, 2.05) is 53.6 Å². The molecule has 6 heteroatoms. The molecule has 0 aliphatic rings. The lowest BCUT2D eigenvalue weighted by atomic mass is 10.2. The Balaban J connectivity index is 0. The molecule has 0 aromatic carbocycles. The number of nitrogens with zero attached hydrogens (tertiary/aromatic N) is 4. The van der Waals surface area contributed by atoms with Crippen LogP contribution in [0.2, 0.25) is 0 Å². The Hall–Kier alpha value is -0.980. The van der Waals surface area contributed by atoms with Crippen molar-refractivity contribution in [2.75, 3.05) is 74.0 Å². The standard InChI is InChI=1S/C18H38N4O2.C2H6/c1-8-17(23)15-21(6)12-11-19(4)9-10-20(5)13-14-22(7)18(24)16(2)3;1-2/h16H,8-15H2,1-7H3;1-2H3. The SMILES string of the molecule is CC.CCC(=O)CN(C)CCN(C)CCN(C)CCN(C)C(=O)C(C)C. The maximum Gasteiger partial charge on any atom is 0.224 e. The number of amides is 1. The van der Waals surface area contributed by atoms with Crippen molar-refractivity contribution in [3.8, 4) is 0 Å². The largest absolute Gasteiger partial charge is 0.344 e. The summed E-state index contributed by atoms with van der Waals surface area (Å²) in [5, 5.41) is 0. The van der Waals surface area contributed by atoms with E-state index in [1.165, 1.54) is 0 Å². The first kappa shape index (κ1) is 27.2. The van der Waals surface area contributed by atoms with E-state index in [-0.39, 0.29) is 11.8 Å². The molecule has 0 unspecified atom stereocenters. The van der Waals surface area contributed by atoms with E-state index in [2.05, 4.69) is 28.8 Å². The second kappa shape index (κ2) is 16.2. The maximum atomic E-state index is 11.8. The van der Waals surface area contributed by atoms with Crippen LogP contribution in [0.4, 0.5) is 0 Å². The number of ketones is 1. The molecule has 0 spiro atoms. The van der Waals surface area contributed by atoms with Gasteiger partial charge in [0.05, 0.1) is 6.54 Å². The summed E-state index contributed by atoms with van der Waals surface area (Å²) in [6.45, 7) is 15.8. The molecule has 156 valence electrons. The van der Waals surface area contributed by atoms with E-state index in [1.54, 1.807) is 0 Å². The quantitative estimate of drug-likeness (QED) is 0.494. The fourth-order valence-corrected chi connectivity index (χ4v) is 2.27. The first-order valence-electron chi connectivity index (χ1n) is 9.99. The van der Waals surface area contributed by atoms with E-state index in [9.17, 15) is 9.59 Å². The molecule has 0 aromatic heterocycles. The zero-order valence-electron chi connectivity index (χ0n) is 18.8. The second-order valence-corrected chi connectivity index (χ2v) is 7.15. The van der Waals surface area contributed by atoms with Gasteiger partial charge in [-0.15, -0.1) is 0 Å². The van der Waals surface area contributed by atoms with Gasteiger partial charge < -0.3 is 14.7 Å². The topological polar surface area (TPSA) is 47.1 Å². The van der Waals surface area contributed by atoms with Crippen LogP contribution in [0, 0.1) is 5.92 Å². The minimum Gasteiger partial charge on any atom is -0.344 e. The van der Waals surface area contributed by atoms with Crippen molar-refractivity contribution in [3.63, 3.8) is 0 Å². The van der Waals surface area contributed by atoms with Gasteiger partial charge >= 0.3 is 0 Å². The highest BCUT2D eigenvalue weighted by Gasteiger charge is 2.13. The van der Waals surface area contributed by atoms with Gasteiger partial charge in [-0.25, -0.2) is 0 Å². The zero-order valence-corrected chi connectivity index (χ0v) is 18.8. The fourth-order valence-electron chi connectivity index (χ4n) is 2.27. The molecule has 0 radical (unpaired) electrons. The molecule has 0 aliphatic heterocycles. The molecule has 0 aliphatic carbocycles. The molecule has 0 saturated carbocycles. The highest BCUT2D eigenvalue weighted by molar-refractivity contribution is 5.80. The molecule has 0 atom stereocenters. The number of rotatable bonds is 13. The predicted octanol–water partition coefficient (Wildman–Crippen LogP) is 1.90. The van der Waals surface area contributed by atoms with Crippen LogP contribution in [0.5, 0.6) is 0 Å². The summed E-state index contributed by atoms with van der Waals surface area (Å²) in [6, 6.07) is 0. The smallest absolute Gasteiger partial charge is 0.224 e. The van der Waals surface area contributed by atoms with Crippen LogP contribution in [0.25, 0.3) is 0 Å². The summed E-state index contributed by atoms with van der Waals surface area (Å²) in [5.74, 6) is 0.549. The molecule has 0 bridgehead atoms. The average molecular weight is 373 g/mol. The van der Waals surface area contributed by atoms with E-state index in [0.717, 1.165) is 39.3 Å². The Kier molecular flexibility index (Phi) is 17.0. The van der Waals surface area contributed by atoms with Crippen molar-refractivity contribution in [1.29, 1.82) is 0 Å². The Morgan fingerprint density at radius 2 is 1.12 bits per heavy atom. The Labute approximate surface area is 162 Å². The van der Waals surface area contributed by atoms with Gasteiger partial charge in [0.15, 0.2) is 0 Å². The van der Waals surface area contributed by atoms with Crippen molar-refractivity contribution in [2.45, 2.75) is 41.0 Å². The molecule has 6 nitrogen and oxygen atoms in total. The molecule has 0 saturated heterocycles. The second-order valence-electron chi connectivity index (χ2n) is 7.15. The highest BCUT2D eigenvalue weighted by atomic mass is 16.2. The van der Waals surface area contributed by atoms with Gasteiger partial charge in [0.1, 0.15) is 5.78 Å². The van der Waals surface area contributed by atoms with Crippen LogP contribution < -0.4 is 0 Å². The van der Waals surface area contributed by atoms with Crippen molar-refractivity contribution in [1.82, 2.24) is 19.6 Å². The van der Waals surface area contributed by atoms with Crippen molar-refractivity contribution < 1.29 is 9.59 Å². The lowest BCUT2D eigenvalue weighted by Crippen LogP contribution is -2.40. The monoisotopic (exact) mass is 372 g/mol. The number of Topliss-reactive ketones (excluding diaryl/α,β-unsaturated/α-hetero) is 1. The molecule has 0 heterocycles. The molecule has 0 rings (SSSR count). The Bertz CT molecular complexity index is 375. The van der Waals surface area contributed by atoms with Crippen molar-refractivity contribution in [3.05, 3.63) is 0 Å². The maximum absolute atomic E-state index is 11.8. The molecule has 26 heavy (non-hydrogen) atoms. The number of carbonyl (C=O) groups is 2. The lowest BCUT2D eigenvalue weighted by Gasteiger charge is -2.26. The van der Waals surface area contributed by atoms with E-state index >= 15 is 0 Å². The van der Waals surface area contributed by atoms with Gasteiger partial charge in [-0.1, -0.05) is 34.6 Å². The van der Waals surface area contributed by atoms with Crippen LogP contribution in [0.3, 0.4) is 0 Å². The minimum atomic E-state index is 0.0584. The number of carbonyl (C=O) groups excluding carboxylic acids is 2.